The Kier molecular flexibility index (Phi) is 6.83. The van der Waals surface area contributed by atoms with Crippen LogP contribution in [0.3, 0.4) is 0 Å². The van der Waals surface area contributed by atoms with Crippen LogP contribution >= 0.6 is 0 Å². The first-order valence-corrected chi connectivity index (χ1v) is 13.0. The highest BCUT2D eigenvalue weighted by Gasteiger charge is 2.20. The van der Waals surface area contributed by atoms with Crippen LogP contribution in [0, 0.1) is 5.92 Å². The first-order valence-electron chi connectivity index (χ1n) is 11.3. The second kappa shape index (κ2) is 9.79. The van der Waals surface area contributed by atoms with E-state index in [-0.39, 0.29) is 11.5 Å². The largest absolute Gasteiger partial charge is 0.508 e. The third-order valence-electron chi connectivity index (χ3n) is 5.74. The van der Waals surface area contributed by atoms with Gasteiger partial charge in [-0.05, 0) is 79.6 Å². The number of phenols is 1. The molecule has 2 heterocycles. The van der Waals surface area contributed by atoms with Gasteiger partial charge in [0, 0.05) is 24.1 Å². The summed E-state index contributed by atoms with van der Waals surface area (Å²) in [4.78, 5) is 11.4. The molecule has 0 atom stereocenters. The van der Waals surface area contributed by atoms with Crippen LogP contribution in [0.5, 0.6) is 5.75 Å². The van der Waals surface area contributed by atoms with E-state index in [0.29, 0.717) is 28.9 Å². The summed E-state index contributed by atoms with van der Waals surface area (Å²) >= 11 is 0. The molecule has 8 heteroatoms. The molecule has 2 N–H and O–H groups in total. The fourth-order valence-corrected chi connectivity index (χ4v) is 5.45. The van der Waals surface area contributed by atoms with Crippen molar-refractivity contribution in [1.29, 1.82) is 0 Å². The van der Waals surface area contributed by atoms with Crippen molar-refractivity contribution in [2.45, 2.75) is 44.4 Å². The number of rotatable bonds is 8. The molecule has 0 saturated carbocycles. The van der Waals surface area contributed by atoms with Crippen molar-refractivity contribution < 1.29 is 13.5 Å². The lowest BCUT2D eigenvalue weighted by molar-refractivity contribution is 0.474. The summed E-state index contributed by atoms with van der Waals surface area (Å²) in [7, 11) is -3.34. The predicted octanol–water partition coefficient (Wildman–Crippen LogP) is 5.22. The van der Waals surface area contributed by atoms with E-state index >= 15 is 0 Å². The molecule has 4 rings (SSSR count). The van der Waals surface area contributed by atoms with E-state index in [4.69, 9.17) is 0 Å². The summed E-state index contributed by atoms with van der Waals surface area (Å²) in [6.07, 6.45) is 5.09. The lowest BCUT2D eigenvalue weighted by Crippen LogP contribution is -2.25. The van der Waals surface area contributed by atoms with Crippen molar-refractivity contribution in [1.82, 2.24) is 9.97 Å². The molecule has 0 aliphatic carbocycles. The third-order valence-corrected chi connectivity index (χ3v) is 7.54. The van der Waals surface area contributed by atoms with Crippen LogP contribution in [0.2, 0.25) is 0 Å². The van der Waals surface area contributed by atoms with E-state index in [1.807, 2.05) is 18.2 Å². The highest BCUT2D eigenvalue weighted by molar-refractivity contribution is 7.91. The van der Waals surface area contributed by atoms with Gasteiger partial charge in [0.25, 0.3) is 0 Å². The normalized spacial score (nSPS) is 13.7. The smallest absolute Gasteiger partial charge is 0.229 e. The van der Waals surface area contributed by atoms with Crippen molar-refractivity contribution in [2.75, 3.05) is 22.5 Å². The van der Waals surface area contributed by atoms with Gasteiger partial charge in [-0.15, -0.1) is 0 Å². The lowest BCUT2D eigenvalue weighted by Gasteiger charge is -2.30. The molecule has 1 aliphatic rings. The van der Waals surface area contributed by atoms with Crippen LogP contribution in [-0.2, 0) is 16.3 Å². The number of hydrogen-bond acceptors (Lipinski definition) is 7. The standard InChI is InChI=1S/C25H30N4O3S/c1-18(2)6-5-15-33(31,32)22-9-3-8-20(17-22)27-25-26-13-12-24(28-25)29-14-4-7-19-16-21(30)10-11-23(19)29/h3,8-13,16-18,30H,4-7,14-15H2,1-2H3,(H,26,27,28). The van der Waals surface area contributed by atoms with E-state index in [2.05, 4.69) is 34.0 Å². The topological polar surface area (TPSA) is 95.4 Å². The van der Waals surface area contributed by atoms with E-state index < -0.39 is 9.84 Å². The zero-order valence-corrected chi connectivity index (χ0v) is 19.8. The highest BCUT2D eigenvalue weighted by atomic mass is 32.2. The number of nitrogens with zero attached hydrogens (tertiary/aromatic N) is 3. The van der Waals surface area contributed by atoms with Gasteiger partial charge in [-0.2, -0.15) is 4.98 Å². The number of anilines is 4. The van der Waals surface area contributed by atoms with E-state index in [1.54, 1.807) is 36.5 Å². The molecule has 33 heavy (non-hydrogen) atoms. The maximum absolute atomic E-state index is 12.7. The molecule has 0 spiro atoms. The maximum atomic E-state index is 12.7. The number of nitrogens with one attached hydrogen (secondary N) is 1. The van der Waals surface area contributed by atoms with Gasteiger partial charge in [0.1, 0.15) is 11.6 Å². The number of benzene rings is 2. The van der Waals surface area contributed by atoms with Crippen LogP contribution in [0.15, 0.2) is 59.6 Å². The van der Waals surface area contributed by atoms with Crippen molar-refractivity contribution in [2.24, 2.45) is 5.92 Å². The molecular weight excluding hydrogens is 436 g/mol. The molecule has 3 aromatic rings. The molecule has 0 radical (unpaired) electrons. The number of hydrogen-bond donors (Lipinski definition) is 2. The molecule has 0 amide bonds. The van der Waals surface area contributed by atoms with E-state index in [0.717, 1.165) is 42.9 Å². The third kappa shape index (κ3) is 5.63. The molecule has 0 bridgehead atoms. The average molecular weight is 467 g/mol. The quantitative estimate of drug-likeness (QED) is 0.470. The van der Waals surface area contributed by atoms with Crippen molar-refractivity contribution in [3.05, 3.63) is 60.3 Å². The molecule has 1 aliphatic heterocycles. The van der Waals surface area contributed by atoms with Gasteiger partial charge in [0.2, 0.25) is 5.95 Å². The predicted molar refractivity (Wildman–Crippen MR) is 131 cm³/mol. The molecule has 174 valence electrons. The Morgan fingerprint density at radius 3 is 2.82 bits per heavy atom. The molecule has 0 unspecified atom stereocenters. The average Bonchev–Trinajstić information content (AvgIpc) is 2.78. The number of aromatic nitrogens is 2. The number of aryl methyl sites for hydroxylation is 1. The van der Waals surface area contributed by atoms with Crippen molar-refractivity contribution in [3.8, 4) is 5.75 Å². The van der Waals surface area contributed by atoms with Gasteiger partial charge in [0.15, 0.2) is 9.84 Å². The van der Waals surface area contributed by atoms with E-state index in [1.165, 1.54) is 0 Å². The van der Waals surface area contributed by atoms with Gasteiger partial charge in [-0.25, -0.2) is 13.4 Å². The molecule has 7 nitrogen and oxygen atoms in total. The van der Waals surface area contributed by atoms with Crippen LogP contribution in [0.4, 0.5) is 23.1 Å². The maximum Gasteiger partial charge on any atom is 0.229 e. The minimum Gasteiger partial charge on any atom is -0.508 e. The van der Waals surface area contributed by atoms with E-state index in [9.17, 15) is 13.5 Å². The Bertz CT molecular complexity index is 1230. The number of aromatic hydroxyl groups is 1. The van der Waals surface area contributed by atoms with Gasteiger partial charge < -0.3 is 15.3 Å². The Labute approximate surface area is 195 Å². The van der Waals surface area contributed by atoms with Crippen LogP contribution in [0.25, 0.3) is 0 Å². The summed E-state index contributed by atoms with van der Waals surface area (Å²) in [6.45, 7) is 5.01. The number of fused-ring (bicyclic) bond motifs is 1. The van der Waals surface area contributed by atoms with Crippen molar-refractivity contribution >= 4 is 33.0 Å². The summed E-state index contributed by atoms with van der Waals surface area (Å²) in [5, 5.41) is 13.0. The first kappa shape index (κ1) is 23.0. The fraction of sp³-hybridized carbons (Fsp3) is 0.360. The Morgan fingerprint density at radius 2 is 2.00 bits per heavy atom. The minimum atomic E-state index is -3.34. The van der Waals surface area contributed by atoms with Crippen LogP contribution in [-0.4, -0.2) is 35.8 Å². The zero-order chi connectivity index (χ0) is 23.4. The summed E-state index contributed by atoms with van der Waals surface area (Å²) < 4.78 is 25.5. The molecular formula is C25H30N4O3S. The van der Waals surface area contributed by atoms with Crippen molar-refractivity contribution in [3.63, 3.8) is 0 Å². The second-order valence-electron chi connectivity index (χ2n) is 8.81. The Morgan fingerprint density at radius 1 is 1.15 bits per heavy atom. The van der Waals surface area contributed by atoms with Crippen LogP contribution in [0.1, 0.15) is 38.7 Å². The minimum absolute atomic E-state index is 0.143. The number of phenolic OH excluding ortho intramolecular Hbond substituents is 1. The molecule has 0 saturated heterocycles. The summed E-state index contributed by atoms with van der Waals surface area (Å²) in [6, 6.07) is 14.1. The fourth-order valence-electron chi connectivity index (χ4n) is 4.08. The Balaban J connectivity index is 1.53. The molecule has 1 aromatic heterocycles. The summed E-state index contributed by atoms with van der Waals surface area (Å²) in [5.41, 5.74) is 2.74. The zero-order valence-electron chi connectivity index (χ0n) is 19.0. The second-order valence-corrected chi connectivity index (χ2v) is 10.9. The Hall–Kier alpha value is -3.13. The molecule has 2 aromatic carbocycles. The monoisotopic (exact) mass is 466 g/mol. The van der Waals surface area contributed by atoms with Gasteiger partial charge in [-0.3, -0.25) is 0 Å². The lowest BCUT2D eigenvalue weighted by atomic mass is 10.0. The number of sulfone groups is 1. The molecule has 0 fully saturated rings. The van der Waals surface area contributed by atoms with Gasteiger partial charge in [0.05, 0.1) is 10.6 Å². The van der Waals surface area contributed by atoms with Gasteiger partial charge in [-0.1, -0.05) is 19.9 Å². The highest BCUT2D eigenvalue weighted by Crippen LogP contribution is 2.34. The SMILES string of the molecule is CC(C)CCCS(=O)(=O)c1cccc(Nc2nccc(N3CCCc4cc(O)ccc43)n2)c1. The van der Waals surface area contributed by atoms with Crippen LogP contribution < -0.4 is 10.2 Å². The first-order chi connectivity index (χ1) is 15.8. The summed E-state index contributed by atoms with van der Waals surface area (Å²) in [5.74, 6) is 2.03. The van der Waals surface area contributed by atoms with Gasteiger partial charge >= 0.3 is 0 Å².